The maximum Gasteiger partial charge on any atom is 0.258 e. The van der Waals surface area contributed by atoms with E-state index in [9.17, 15) is 9.90 Å². The Hall–Kier alpha value is -2.68. The smallest absolute Gasteiger partial charge is 0.258 e. The quantitative estimate of drug-likeness (QED) is 0.571. The van der Waals surface area contributed by atoms with Crippen LogP contribution in [0.5, 0.6) is 5.75 Å². The van der Waals surface area contributed by atoms with Gasteiger partial charge in [-0.05, 0) is 38.9 Å². The van der Waals surface area contributed by atoms with E-state index in [4.69, 9.17) is 21.7 Å². The average molecular weight is 444 g/mol. The summed E-state index contributed by atoms with van der Waals surface area (Å²) >= 11 is 6.20. The predicted octanol–water partition coefficient (Wildman–Crippen LogP) is 2.01. The third-order valence-corrected chi connectivity index (χ3v) is 6.21. The number of piperidine rings is 1. The third-order valence-electron chi connectivity index (χ3n) is 5.65. The van der Waals surface area contributed by atoms with Gasteiger partial charge in [0, 0.05) is 17.8 Å². The summed E-state index contributed by atoms with van der Waals surface area (Å²) in [6.07, 6.45) is -0.338. The summed E-state index contributed by atoms with van der Waals surface area (Å²) in [5, 5.41) is 25.4. The largest absolute Gasteiger partial charge is 0.487 e. The SMILES string of the molecule is CC1=N/C(=C2\CN(C(=O)c3ccccc3O[C@H]3CCNCC3O)CC2=N)NC(C)=C1Cl. The summed E-state index contributed by atoms with van der Waals surface area (Å²) in [4.78, 5) is 19.4. The van der Waals surface area contributed by atoms with Crippen LogP contribution >= 0.6 is 11.6 Å². The summed E-state index contributed by atoms with van der Waals surface area (Å²) in [5.41, 5.74) is 2.88. The van der Waals surface area contributed by atoms with Gasteiger partial charge < -0.3 is 30.8 Å². The van der Waals surface area contributed by atoms with Crippen LogP contribution in [0.15, 0.2) is 51.4 Å². The molecule has 0 saturated carbocycles. The van der Waals surface area contributed by atoms with Crippen LogP contribution in [0.3, 0.4) is 0 Å². The summed E-state index contributed by atoms with van der Waals surface area (Å²) in [7, 11) is 0. The summed E-state index contributed by atoms with van der Waals surface area (Å²) in [6.45, 7) is 5.35. The molecule has 8 nitrogen and oxygen atoms in total. The van der Waals surface area contributed by atoms with Crippen LogP contribution in [0.4, 0.5) is 0 Å². The molecule has 0 spiro atoms. The second-order valence-corrected chi connectivity index (χ2v) is 8.32. The lowest BCUT2D eigenvalue weighted by Gasteiger charge is -2.29. The summed E-state index contributed by atoms with van der Waals surface area (Å²) < 4.78 is 6.03. The Morgan fingerprint density at radius 1 is 1.32 bits per heavy atom. The molecule has 31 heavy (non-hydrogen) atoms. The highest BCUT2D eigenvalue weighted by Gasteiger charge is 2.32. The number of β-amino-alcohol motifs (C(OH)–C–C–N with tert-alkyl or cyclic N) is 1. The monoisotopic (exact) mass is 443 g/mol. The molecule has 0 bridgehead atoms. The van der Waals surface area contributed by atoms with Gasteiger partial charge >= 0.3 is 0 Å². The minimum absolute atomic E-state index is 0.189. The number of hydrogen-bond acceptors (Lipinski definition) is 7. The number of nitrogens with zero attached hydrogens (tertiary/aromatic N) is 2. The van der Waals surface area contributed by atoms with Crippen molar-refractivity contribution in [3.8, 4) is 5.75 Å². The first kappa shape index (κ1) is 21.5. The van der Waals surface area contributed by atoms with E-state index in [2.05, 4.69) is 15.6 Å². The molecule has 9 heteroatoms. The van der Waals surface area contributed by atoms with Gasteiger partial charge in [0.2, 0.25) is 0 Å². The zero-order valence-corrected chi connectivity index (χ0v) is 18.3. The van der Waals surface area contributed by atoms with Gasteiger partial charge in [-0.3, -0.25) is 4.79 Å². The van der Waals surface area contributed by atoms with Gasteiger partial charge in [0.05, 0.1) is 35.1 Å². The minimum atomic E-state index is -0.630. The van der Waals surface area contributed by atoms with Crippen molar-refractivity contribution in [3.05, 3.63) is 52.0 Å². The molecule has 1 amide bonds. The van der Waals surface area contributed by atoms with Gasteiger partial charge in [0.1, 0.15) is 23.8 Å². The van der Waals surface area contributed by atoms with Gasteiger partial charge in [-0.25, -0.2) is 4.99 Å². The number of hydrogen-bond donors (Lipinski definition) is 4. The molecule has 2 saturated heterocycles. The highest BCUT2D eigenvalue weighted by atomic mass is 35.5. The summed E-state index contributed by atoms with van der Waals surface area (Å²) in [5.74, 6) is 0.782. The molecule has 3 aliphatic rings. The van der Waals surface area contributed by atoms with Gasteiger partial charge in [0.25, 0.3) is 5.91 Å². The van der Waals surface area contributed by atoms with Crippen molar-refractivity contribution in [2.24, 2.45) is 4.99 Å². The van der Waals surface area contributed by atoms with Crippen LogP contribution < -0.4 is 15.4 Å². The maximum atomic E-state index is 13.3. The van der Waals surface area contributed by atoms with Crippen LogP contribution in [0, 0.1) is 5.41 Å². The molecule has 3 heterocycles. The lowest BCUT2D eigenvalue weighted by atomic mass is 10.1. The average Bonchev–Trinajstić information content (AvgIpc) is 3.15. The van der Waals surface area contributed by atoms with Crippen LogP contribution in [0.1, 0.15) is 30.6 Å². The molecule has 0 aliphatic carbocycles. The number of aliphatic hydroxyl groups is 1. The molecule has 0 aromatic heterocycles. The van der Waals surface area contributed by atoms with Crippen molar-refractivity contribution in [1.82, 2.24) is 15.5 Å². The van der Waals surface area contributed by atoms with Crippen molar-refractivity contribution < 1.29 is 14.6 Å². The van der Waals surface area contributed by atoms with Gasteiger partial charge in [-0.15, -0.1) is 0 Å². The lowest BCUT2D eigenvalue weighted by molar-refractivity contribution is 0.0155. The van der Waals surface area contributed by atoms with Crippen LogP contribution in [-0.2, 0) is 0 Å². The fourth-order valence-electron chi connectivity index (χ4n) is 3.92. The second-order valence-electron chi connectivity index (χ2n) is 7.94. The molecule has 3 aliphatic heterocycles. The first-order chi connectivity index (χ1) is 14.8. The normalized spacial score (nSPS) is 26.6. The molecule has 4 N–H and O–H groups in total. The van der Waals surface area contributed by atoms with Crippen molar-refractivity contribution >= 4 is 28.9 Å². The number of halogens is 1. The van der Waals surface area contributed by atoms with E-state index in [1.807, 2.05) is 13.8 Å². The molecule has 2 atom stereocenters. The number of nitrogens with one attached hydrogen (secondary N) is 3. The molecule has 1 aromatic carbocycles. The molecule has 1 unspecified atom stereocenters. The minimum Gasteiger partial charge on any atom is -0.487 e. The Labute approximate surface area is 186 Å². The molecular weight excluding hydrogens is 418 g/mol. The zero-order chi connectivity index (χ0) is 22.1. The van der Waals surface area contributed by atoms with E-state index in [1.165, 1.54) is 0 Å². The summed E-state index contributed by atoms with van der Waals surface area (Å²) in [6, 6.07) is 7.05. The number of carbonyl (C=O) groups excluding carboxylic acids is 1. The zero-order valence-electron chi connectivity index (χ0n) is 17.5. The topological polar surface area (TPSA) is 110 Å². The number of likely N-dealkylation sites (tertiary alicyclic amines) is 1. The first-order valence-electron chi connectivity index (χ1n) is 10.3. The highest BCUT2D eigenvalue weighted by molar-refractivity contribution is 6.43. The maximum absolute atomic E-state index is 13.3. The Morgan fingerprint density at radius 2 is 2.10 bits per heavy atom. The number of benzene rings is 1. The second kappa shape index (κ2) is 8.82. The number of aliphatic imine (C=N–C) groups is 1. The Kier molecular flexibility index (Phi) is 6.13. The molecule has 1 aromatic rings. The van der Waals surface area contributed by atoms with Crippen LogP contribution in [0.2, 0.25) is 0 Å². The van der Waals surface area contributed by atoms with E-state index in [1.54, 1.807) is 29.2 Å². The number of carbonyl (C=O) groups is 1. The van der Waals surface area contributed by atoms with Gasteiger partial charge in [-0.1, -0.05) is 23.7 Å². The highest BCUT2D eigenvalue weighted by Crippen LogP contribution is 2.27. The first-order valence-corrected chi connectivity index (χ1v) is 10.7. The van der Waals surface area contributed by atoms with Crippen molar-refractivity contribution in [2.45, 2.75) is 32.5 Å². The van der Waals surface area contributed by atoms with E-state index in [0.717, 1.165) is 12.2 Å². The molecule has 164 valence electrons. The number of para-hydroxylation sites is 1. The molecule has 4 rings (SSSR count). The van der Waals surface area contributed by atoms with Crippen molar-refractivity contribution in [2.75, 3.05) is 26.2 Å². The van der Waals surface area contributed by atoms with Crippen LogP contribution in [-0.4, -0.2) is 65.7 Å². The Balaban J connectivity index is 1.55. The lowest BCUT2D eigenvalue weighted by Crippen LogP contribution is -2.46. The number of rotatable bonds is 3. The van der Waals surface area contributed by atoms with E-state index >= 15 is 0 Å². The fourth-order valence-corrected chi connectivity index (χ4v) is 4.01. The van der Waals surface area contributed by atoms with Crippen LogP contribution in [0.25, 0.3) is 0 Å². The standard InChI is InChI=1S/C22H26ClN5O3/c1-12-20(23)13(2)27-21(26-12)15-10-28(11-16(15)24)22(30)14-5-3-4-6-18(14)31-19-7-8-25-9-17(19)29/h3-6,17,19,24-26,29H,7-11H2,1-2H3/b21-15+,24-16?/t17?,19-/m0/s1. The molecule has 0 radical (unpaired) electrons. The fraction of sp³-hybridized carbons (Fsp3) is 0.409. The van der Waals surface area contributed by atoms with Gasteiger partial charge in [-0.2, -0.15) is 0 Å². The Morgan fingerprint density at radius 3 is 2.84 bits per heavy atom. The van der Waals surface area contributed by atoms with E-state index < -0.39 is 6.10 Å². The molecule has 2 fully saturated rings. The van der Waals surface area contributed by atoms with E-state index in [0.29, 0.717) is 52.1 Å². The number of amides is 1. The molecular formula is C22H26ClN5O3. The number of ether oxygens (including phenoxy) is 1. The van der Waals surface area contributed by atoms with E-state index in [-0.39, 0.29) is 25.1 Å². The predicted molar refractivity (Wildman–Crippen MR) is 120 cm³/mol. The van der Waals surface area contributed by atoms with Crippen molar-refractivity contribution in [3.63, 3.8) is 0 Å². The number of aliphatic hydroxyl groups excluding tert-OH is 1. The third kappa shape index (κ3) is 4.37. The van der Waals surface area contributed by atoms with Gasteiger partial charge in [0.15, 0.2) is 0 Å². The number of allylic oxidation sites excluding steroid dienone is 2. The Bertz CT molecular complexity index is 1020. The van der Waals surface area contributed by atoms with Crippen molar-refractivity contribution in [1.29, 1.82) is 5.41 Å².